The standard InChI is InChI=1S/C13H8F11I/c14-9(12(19,20)21,6-8(25)7-4-2-1-3-5-7)10(15,16)11(17,18)13(22,23)24/h1-5,8H,6H2. The van der Waals surface area contributed by atoms with E-state index in [1.54, 1.807) is 0 Å². The molecule has 0 fully saturated rings. The molecule has 0 spiro atoms. The van der Waals surface area contributed by atoms with Crippen molar-refractivity contribution >= 4 is 22.6 Å². The summed E-state index contributed by atoms with van der Waals surface area (Å²) in [5.74, 6) is -14.3. The molecule has 0 amide bonds. The average Bonchev–Trinajstić information content (AvgIpc) is 2.45. The molecular weight excluding hydrogens is 492 g/mol. The zero-order valence-electron chi connectivity index (χ0n) is 11.7. The van der Waals surface area contributed by atoms with Crippen LogP contribution in [-0.4, -0.2) is 29.9 Å². The van der Waals surface area contributed by atoms with Gasteiger partial charge in [-0.1, -0.05) is 52.9 Å². The average molecular weight is 500 g/mol. The molecule has 0 aliphatic carbocycles. The molecule has 2 unspecified atom stereocenters. The van der Waals surface area contributed by atoms with Crippen molar-refractivity contribution in [2.45, 2.75) is 40.2 Å². The monoisotopic (exact) mass is 500 g/mol. The topological polar surface area (TPSA) is 0 Å². The maximum atomic E-state index is 14.2. The molecule has 0 radical (unpaired) electrons. The Bertz CT molecular complexity index is 578. The molecule has 0 saturated heterocycles. The first-order valence-electron chi connectivity index (χ1n) is 6.26. The quantitative estimate of drug-likeness (QED) is 0.241. The van der Waals surface area contributed by atoms with Crippen LogP contribution in [0.5, 0.6) is 0 Å². The third kappa shape index (κ3) is 3.82. The van der Waals surface area contributed by atoms with Gasteiger partial charge in [0.1, 0.15) is 0 Å². The highest BCUT2D eigenvalue weighted by molar-refractivity contribution is 14.1. The number of benzene rings is 1. The molecule has 0 aliphatic rings. The molecule has 2 atom stereocenters. The van der Waals surface area contributed by atoms with E-state index in [1.807, 2.05) is 0 Å². The first-order valence-corrected chi connectivity index (χ1v) is 7.50. The fourth-order valence-corrected chi connectivity index (χ4v) is 2.90. The van der Waals surface area contributed by atoms with Gasteiger partial charge in [0.2, 0.25) is 0 Å². The summed E-state index contributed by atoms with van der Waals surface area (Å²) in [7, 11) is 0. The van der Waals surface area contributed by atoms with E-state index in [4.69, 9.17) is 0 Å². The van der Waals surface area contributed by atoms with Crippen molar-refractivity contribution in [3.8, 4) is 0 Å². The number of hydrogen-bond acceptors (Lipinski definition) is 0. The number of rotatable bonds is 5. The van der Waals surface area contributed by atoms with Gasteiger partial charge >= 0.3 is 24.2 Å². The summed E-state index contributed by atoms with van der Waals surface area (Å²) >= 11 is 1.06. The van der Waals surface area contributed by atoms with Gasteiger partial charge in [-0.2, -0.15) is 43.9 Å². The molecule has 0 aromatic heterocycles. The SMILES string of the molecule is FC(F)(F)C(F)(F)C(F)(F)C(F)(CC(I)c1ccccc1)C(F)(F)F. The van der Waals surface area contributed by atoms with Crippen LogP contribution in [0.4, 0.5) is 48.3 Å². The van der Waals surface area contributed by atoms with Gasteiger partial charge in [-0.05, 0) is 5.56 Å². The number of hydrogen-bond donors (Lipinski definition) is 0. The normalized spacial score (nSPS) is 17.9. The van der Waals surface area contributed by atoms with E-state index in [-0.39, 0.29) is 5.56 Å². The molecule has 12 heteroatoms. The molecular formula is C13H8F11I. The van der Waals surface area contributed by atoms with Gasteiger partial charge in [-0.15, -0.1) is 0 Å². The van der Waals surface area contributed by atoms with Gasteiger partial charge in [0.05, 0.1) is 0 Å². The first kappa shape index (κ1) is 22.2. The fraction of sp³-hybridized carbons (Fsp3) is 0.538. The van der Waals surface area contributed by atoms with Crippen LogP contribution in [0.2, 0.25) is 0 Å². The van der Waals surface area contributed by atoms with E-state index in [2.05, 4.69) is 0 Å². The van der Waals surface area contributed by atoms with Crippen LogP contribution < -0.4 is 0 Å². The lowest BCUT2D eigenvalue weighted by Crippen LogP contribution is -2.67. The summed E-state index contributed by atoms with van der Waals surface area (Å²) in [6, 6.07) is 6.06. The lowest BCUT2D eigenvalue weighted by atomic mass is 9.85. The van der Waals surface area contributed by atoms with E-state index in [0.717, 1.165) is 34.7 Å². The molecule has 0 N–H and O–H groups in total. The van der Waals surface area contributed by atoms with Crippen molar-refractivity contribution in [1.82, 2.24) is 0 Å². The number of halogens is 12. The Hall–Kier alpha value is -0.820. The fourth-order valence-electron chi connectivity index (χ4n) is 1.88. The highest BCUT2D eigenvalue weighted by Gasteiger charge is 2.86. The van der Waals surface area contributed by atoms with Crippen LogP contribution in [0.25, 0.3) is 0 Å². The molecule has 0 saturated carbocycles. The Morgan fingerprint density at radius 3 is 1.48 bits per heavy atom. The van der Waals surface area contributed by atoms with Crippen molar-refractivity contribution in [3.63, 3.8) is 0 Å². The maximum absolute atomic E-state index is 14.2. The lowest BCUT2D eigenvalue weighted by molar-refractivity contribution is -0.412. The molecule has 25 heavy (non-hydrogen) atoms. The Balaban J connectivity index is 3.42. The van der Waals surface area contributed by atoms with E-state index in [9.17, 15) is 48.3 Å². The second-order valence-corrected chi connectivity index (χ2v) is 6.53. The Kier molecular flexibility index (Phi) is 5.98. The second kappa shape index (κ2) is 6.72. The maximum Gasteiger partial charge on any atom is 0.460 e. The Labute approximate surface area is 147 Å². The highest BCUT2D eigenvalue weighted by atomic mass is 127. The van der Waals surface area contributed by atoms with Crippen molar-refractivity contribution < 1.29 is 48.3 Å². The zero-order chi connectivity index (χ0) is 19.9. The van der Waals surface area contributed by atoms with Gasteiger partial charge in [-0.3, -0.25) is 0 Å². The Morgan fingerprint density at radius 1 is 0.680 bits per heavy atom. The smallest absolute Gasteiger partial charge is 0.227 e. The van der Waals surface area contributed by atoms with Gasteiger partial charge in [-0.25, -0.2) is 4.39 Å². The van der Waals surface area contributed by atoms with Crippen molar-refractivity contribution in [1.29, 1.82) is 0 Å². The van der Waals surface area contributed by atoms with Gasteiger partial charge in [0.25, 0.3) is 5.67 Å². The highest BCUT2D eigenvalue weighted by Crippen LogP contribution is 2.60. The van der Waals surface area contributed by atoms with Crippen molar-refractivity contribution in [3.05, 3.63) is 35.9 Å². The molecule has 1 rings (SSSR count). The summed E-state index contributed by atoms with van der Waals surface area (Å²) < 4.78 is 140. The summed E-state index contributed by atoms with van der Waals surface area (Å²) in [5, 5.41) is 0. The minimum Gasteiger partial charge on any atom is -0.227 e. The predicted octanol–water partition coefficient (Wildman–Crippen LogP) is 6.66. The largest absolute Gasteiger partial charge is 0.460 e. The zero-order valence-corrected chi connectivity index (χ0v) is 13.9. The van der Waals surface area contributed by atoms with Gasteiger partial charge < -0.3 is 0 Å². The van der Waals surface area contributed by atoms with E-state index >= 15 is 0 Å². The Morgan fingerprint density at radius 2 is 1.12 bits per heavy atom. The van der Waals surface area contributed by atoms with Crippen molar-refractivity contribution in [2.75, 3.05) is 0 Å². The molecule has 1 aromatic carbocycles. The molecule has 0 nitrogen and oxygen atoms in total. The van der Waals surface area contributed by atoms with Crippen LogP contribution in [0.3, 0.4) is 0 Å². The summed E-state index contributed by atoms with van der Waals surface area (Å²) in [4.78, 5) is 0. The number of alkyl halides is 12. The molecule has 0 aliphatic heterocycles. The van der Waals surface area contributed by atoms with Crippen LogP contribution in [0.1, 0.15) is 15.9 Å². The minimum atomic E-state index is -7.22. The van der Waals surface area contributed by atoms with Crippen LogP contribution >= 0.6 is 22.6 Å². The molecule has 0 heterocycles. The molecule has 1 aromatic rings. The van der Waals surface area contributed by atoms with E-state index < -0.39 is 40.2 Å². The summed E-state index contributed by atoms with van der Waals surface area (Å²) in [6.45, 7) is 0. The van der Waals surface area contributed by atoms with Crippen LogP contribution in [0.15, 0.2) is 30.3 Å². The second-order valence-electron chi connectivity index (χ2n) is 5.03. The summed E-state index contributed by atoms with van der Waals surface area (Å²) in [5.41, 5.74) is -6.26. The van der Waals surface area contributed by atoms with Gasteiger partial charge in [0.15, 0.2) is 0 Å². The first-order chi connectivity index (χ1) is 11.0. The minimum absolute atomic E-state index is 0.152. The molecule has 144 valence electrons. The third-order valence-corrected chi connectivity index (χ3v) is 4.48. The predicted molar refractivity (Wildman–Crippen MR) is 73.7 cm³/mol. The summed E-state index contributed by atoms with van der Waals surface area (Å²) in [6.07, 6.45) is -16.1. The van der Waals surface area contributed by atoms with Gasteiger partial charge in [0, 0.05) is 10.3 Å². The third-order valence-electron chi connectivity index (χ3n) is 3.32. The van der Waals surface area contributed by atoms with Crippen LogP contribution in [0, 0.1) is 0 Å². The van der Waals surface area contributed by atoms with Crippen LogP contribution in [-0.2, 0) is 0 Å². The van der Waals surface area contributed by atoms with E-state index in [1.165, 1.54) is 18.2 Å². The molecule has 0 bridgehead atoms. The van der Waals surface area contributed by atoms with Crippen molar-refractivity contribution in [2.24, 2.45) is 0 Å². The lowest BCUT2D eigenvalue weighted by Gasteiger charge is -2.40. The van der Waals surface area contributed by atoms with E-state index in [0.29, 0.717) is 0 Å².